The number of rotatable bonds is 4. The van der Waals surface area contributed by atoms with Gasteiger partial charge in [-0.2, -0.15) is 5.10 Å². The van der Waals surface area contributed by atoms with Crippen LogP contribution >= 0.6 is 23.2 Å². The highest BCUT2D eigenvalue weighted by molar-refractivity contribution is 6.35. The summed E-state index contributed by atoms with van der Waals surface area (Å²) in [6, 6.07) is 20.0. The number of halogens is 2. The number of hydrogen-bond donors (Lipinski definition) is 0. The predicted molar refractivity (Wildman–Crippen MR) is 113 cm³/mol. The quantitative estimate of drug-likeness (QED) is 0.383. The minimum Gasteiger partial charge on any atom is -0.497 e. The van der Waals surface area contributed by atoms with Crippen molar-refractivity contribution in [1.29, 1.82) is 0 Å². The summed E-state index contributed by atoms with van der Waals surface area (Å²) in [5.41, 5.74) is 3.93. The standard InChI is InChI=1S/C22H18Cl2N2O/c1-3-26-22(13-21(25-26)17-9-18(23)12-19(24)10-17)16-5-4-15-11-20(27-2)7-6-14(15)8-16/h4-13H,3H2,1-2H3. The van der Waals surface area contributed by atoms with E-state index in [4.69, 9.17) is 33.0 Å². The Morgan fingerprint density at radius 3 is 2.26 bits per heavy atom. The molecule has 4 rings (SSSR count). The second-order valence-electron chi connectivity index (χ2n) is 6.32. The van der Waals surface area contributed by atoms with E-state index in [9.17, 15) is 0 Å². The van der Waals surface area contributed by atoms with Gasteiger partial charge in [0.1, 0.15) is 5.75 Å². The third-order valence-corrected chi connectivity index (χ3v) is 5.02. The summed E-state index contributed by atoms with van der Waals surface area (Å²) in [4.78, 5) is 0. The van der Waals surface area contributed by atoms with E-state index in [1.54, 1.807) is 13.2 Å². The molecule has 0 saturated heterocycles. The molecule has 1 aromatic heterocycles. The van der Waals surface area contributed by atoms with Gasteiger partial charge in [0.15, 0.2) is 0 Å². The number of nitrogens with zero attached hydrogens (tertiary/aromatic N) is 2. The van der Waals surface area contributed by atoms with Crippen LogP contribution in [0.2, 0.25) is 10.0 Å². The van der Waals surface area contributed by atoms with Crippen LogP contribution in [0.15, 0.2) is 60.7 Å². The Labute approximate surface area is 168 Å². The van der Waals surface area contributed by atoms with Crippen molar-refractivity contribution in [2.45, 2.75) is 13.5 Å². The van der Waals surface area contributed by atoms with E-state index in [2.05, 4.69) is 37.3 Å². The number of aryl methyl sites for hydroxylation is 1. The lowest BCUT2D eigenvalue weighted by Gasteiger charge is -2.07. The maximum Gasteiger partial charge on any atom is 0.119 e. The molecule has 0 bridgehead atoms. The summed E-state index contributed by atoms with van der Waals surface area (Å²) in [6.45, 7) is 2.85. The Morgan fingerprint density at radius 2 is 1.56 bits per heavy atom. The summed E-state index contributed by atoms with van der Waals surface area (Å²) >= 11 is 12.3. The minimum absolute atomic E-state index is 0.602. The molecule has 0 aliphatic rings. The Kier molecular flexibility index (Phi) is 4.81. The van der Waals surface area contributed by atoms with Crippen molar-refractivity contribution in [3.63, 3.8) is 0 Å². The molecule has 27 heavy (non-hydrogen) atoms. The summed E-state index contributed by atoms with van der Waals surface area (Å²) in [5, 5.41) is 8.25. The van der Waals surface area contributed by atoms with Crippen molar-refractivity contribution in [1.82, 2.24) is 9.78 Å². The topological polar surface area (TPSA) is 27.1 Å². The first-order valence-electron chi connectivity index (χ1n) is 8.70. The van der Waals surface area contributed by atoms with E-state index in [0.29, 0.717) is 10.0 Å². The Hall–Kier alpha value is -2.49. The smallest absolute Gasteiger partial charge is 0.119 e. The SMILES string of the molecule is CCn1nc(-c2cc(Cl)cc(Cl)c2)cc1-c1ccc2cc(OC)ccc2c1. The molecule has 136 valence electrons. The molecule has 5 heteroatoms. The van der Waals surface area contributed by atoms with Crippen LogP contribution in [0.3, 0.4) is 0 Å². The van der Waals surface area contributed by atoms with Gasteiger partial charge in [0.25, 0.3) is 0 Å². The second kappa shape index (κ2) is 7.26. The molecule has 0 unspecified atom stereocenters. The van der Waals surface area contributed by atoms with E-state index >= 15 is 0 Å². The summed E-state index contributed by atoms with van der Waals surface area (Å²) < 4.78 is 7.30. The zero-order valence-corrected chi connectivity index (χ0v) is 16.6. The number of ether oxygens (including phenoxy) is 1. The van der Waals surface area contributed by atoms with Crippen LogP contribution in [0.25, 0.3) is 33.3 Å². The minimum atomic E-state index is 0.602. The molecule has 3 aromatic carbocycles. The van der Waals surface area contributed by atoms with Gasteiger partial charge >= 0.3 is 0 Å². The van der Waals surface area contributed by atoms with Crippen LogP contribution in [0, 0.1) is 0 Å². The van der Waals surface area contributed by atoms with Gasteiger partial charge in [-0.1, -0.05) is 41.4 Å². The van der Waals surface area contributed by atoms with Crippen LogP contribution in [0.4, 0.5) is 0 Å². The fourth-order valence-corrected chi connectivity index (χ4v) is 3.77. The molecule has 3 nitrogen and oxygen atoms in total. The van der Waals surface area contributed by atoms with Crippen molar-refractivity contribution in [3.8, 4) is 28.3 Å². The Bertz CT molecular complexity index is 1110. The molecule has 0 N–H and O–H groups in total. The van der Waals surface area contributed by atoms with E-state index < -0.39 is 0 Å². The highest BCUT2D eigenvalue weighted by Gasteiger charge is 2.12. The first-order valence-corrected chi connectivity index (χ1v) is 9.45. The number of methoxy groups -OCH3 is 1. The zero-order valence-electron chi connectivity index (χ0n) is 15.0. The monoisotopic (exact) mass is 396 g/mol. The highest BCUT2D eigenvalue weighted by atomic mass is 35.5. The van der Waals surface area contributed by atoms with Crippen molar-refractivity contribution in [3.05, 3.63) is 70.7 Å². The maximum absolute atomic E-state index is 6.16. The van der Waals surface area contributed by atoms with Gasteiger partial charge in [-0.25, -0.2) is 0 Å². The molecule has 0 aliphatic carbocycles. The fourth-order valence-electron chi connectivity index (χ4n) is 3.24. The summed E-state index contributed by atoms with van der Waals surface area (Å²) in [5.74, 6) is 0.856. The number of benzene rings is 3. The van der Waals surface area contributed by atoms with Gasteiger partial charge < -0.3 is 4.74 Å². The first-order chi connectivity index (χ1) is 13.1. The molecule has 0 atom stereocenters. The van der Waals surface area contributed by atoms with Crippen LogP contribution in [0.1, 0.15) is 6.92 Å². The molecular formula is C22H18Cl2N2O. The van der Waals surface area contributed by atoms with Gasteiger partial charge in [0.2, 0.25) is 0 Å². The summed E-state index contributed by atoms with van der Waals surface area (Å²) in [7, 11) is 1.68. The van der Waals surface area contributed by atoms with Gasteiger partial charge in [-0.05, 0) is 60.2 Å². The molecule has 1 heterocycles. The molecule has 0 spiro atoms. The van der Waals surface area contributed by atoms with Gasteiger partial charge in [0, 0.05) is 27.7 Å². The Balaban J connectivity index is 1.81. The van der Waals surface area contributed by atoms with Crippen LogP contribution in [0.5, 0.6) is 5.75 Å². The average molecular weight is 397 g/mol. The maximum atomic E-state index is 6.16. The molecule has 4 aromatic rings. The van der Waals surface area contributed by atoms with Gasteiger partial charge in [-0.3, -0.25) is 4.68 Å². The third kappa shape index (κ3) is 3.53. The van der Waals surface area contributed by atoms with Crippen molar-refractivity contribution in [2.75, 3.05) is 7.11 Å². The van der Waals surface area contributed by atoms with Crippen LogP contribution < -0.4 is 4.74 Å². The predicted octanol–water partition coefficient (Wildman–Crippen LogP) is 6.71. The average Bonchev–Trinajstić information content (AvgIpc) is 3.11. The Morgan fingerprint density at radius 1 is 0.852 bits per heavy atom. The van der Waals surface area contributed by atoms with Crippen LogP contribution in [-0.2, 0) is 6.54 Å². The second-order valence-corrected chi connectivity index (χ2v) is 7.19. The van der Waals surface area contributed by atoms with E-state index in [-0.39, 0.29) is 0 Å². The molecular weight excluding hydrogens is 379 g/mol. The fraction of sp³-hybridized carbons (Fsp3) is 0.136. The zero-order chi connectivity index (χ0) is 19.0. The first kappa shape index (κ1) is 17.9. The number of aromatic nitrogens is 2. The summed E-state index contributed by atoms with van der Waals surface area (Å²) in [6.07, 6.45) is 0. The normalized spacial score (nSPS) is 11.1. The van der Waals surface area contributed by atoms with Gasteiger partial charge in [0.05, 0.1) is 18.5 Å². The highest BCUT2D eigenvalue weighted by Crippen LogP contribution is 2.32. The lowest BCUT2D eigenvalue weighted by atomic mass is 10.0. The van der Waals surface area contributed by atoms with E-state index in [0.717, 1.165) is 45.6 Å². The van der Waals surface area contributed by atoms with Gasteiger partial charge in [-0.15, -0.1) is 0 Å². The largest absolute Gasteiger partial charge is 0.497 e. The van der Waals surface area contributed by atoms with Crippen molar-refractivity contribution < 1.29 is 4.74 Å². The van der Waals surface area contributed by atoms with Crippen molar-refractivity contribution in [2.24, 2.45) is 0 Å². The number of fused-ring (bicyclic) bond motifs is 1. The molecule has 0 fully saturated rings. The third-order valence-electron chi connectivity index (χ3n) is 4.58. The molecule has 0 saturated carbocycles. The number of hydrogen-bond acceptors (Lipinski definition) is 2. The lowest BCUT2D eigenvalue weighted by Crippen LogP contribution is -1.99. The van der Waals surface area contributed by atoms with E-state index in [1.807, 2.05) is 28.9 Å². The van der Waals surface area contributed by atoms with Crippen molar-refractivity contribution >= 4 is 34.0 Å². The van der Waals surface area contributed by atoms with E-state index in [1.165, 1.54) is 0 Å². The molecule has 0 amide bonds. The molecule has 0 radical (unpaired) electrons. The van der Waals surface area contributed by atoms with Crippen LogP contribution in [-0.4, -0.2) is 16.9 Å². The molecule has 0 aliphatic heterocycles. The lowest BCUT2D eigenvalue weighted by molar-refractivity contribution is 0.415.